The average Bonchev–Trinajstić information content (AvgIpc) is 2.77. The van der Waals surface area contributed by atoms with Crippen LogP contribution in [0, 0.1) is 0 Å². The molecule has 1 aromatic heterocycles. The van der Waals surface area contributed by atoms with E-state index in [1.165, 1.54) is 5.56 Å². The molecule has 2 heterocycles. The minimum atomic E-state index is -0.0824. The van der Waals surface area contributed by atoms with Crippen LogP contribution >= 0.6 is 24.0 Å². The van der Waals surface area contributed by atoms with Gasteiger partial charge in [0.05, 0.1) is 11.9 Å². The predicted octanol–water partition coefficient (Wildman–Crippen LogP) is 4.47. The molecule has 1 aliphatic heterocycles. The van der Waals surface area contributed by atoms with E-state index < -0.39 is 0 Å². The zero-order valence-corrected chi connectivity index (χ0v) is 19.0. The van der Waals surface area contributed by atoms with Gasteiger partial charge in [0, 0.05) is 43.9 Å². The van der Waals surface area contributed by atoms with Crippen LogP contribution in [0.25, 0.3) is 0 Å². The van der Waals surface area contributed by atoms with Crippen molar-refractivity contribution in [1.29, 1.82) is 0 Å². The maximum absolute atomic E-state index is 12.4. The lowest BCUT2D eigenvalue weighted by atomic mass is 10.2. The van der Waals surface area contributed by atoms with Crippen LogP contribution in [0.15, 0.2) is 73.1 Å². The van der Waals surface area contributed by atoms with E-state index in [0.717, 1.165) is 31.1 Å². The molecule has 2 aromatic carbocycles. The molecular weight excluding hydrogens is 451 g/mol. The number of benzene rings is 2. The topological polar surface area (TPSA) is 89.2 Å². The number of piperazine rings is 1. The number of amides is 2. The van der Waals surface area contributed by atoms with Crippen molar-refractivity contribution in [2.24, 2.45) is 0 Å². The zero-order chi connectivity index (χ0) is 20.8. The van der Waals surface area contributed by atoms with E-state index in [-0.39, 0.29) is 23.9 Å². The second-order valence-electron chi connectivity index (χ2n) is 7.14. The molecule has 1 saturated heterocycles. The van der Waals surface area contributed by atoms with Gasteiger partial charge in [0.1, 0.15) is 11.5 Å². The minimum absolute atomic E-state index is 0. The van der Waals surface area contributed by atoms with Crippen LogP contribution in [0.2, 0.25) is 5.02 Å². The number of hydrogen-bond acceptors (Lipinski definition) is 4. The predicted molar refractivity (Wildman–Crippen MR) is 129 cm³/mol. The normalized spacial score (nSPS) is 13.5. The molecule has 0 aliphatic carbocycles. The van der Waals surface area contributed by atoms with E-state index in [4.69, 9.17) is 16.3 Å². The molecule has 1 fully saturated rings. The summed E-state index contributed by atoms with van der Waals surface area (Å²) in [5, 5.41) is 3.58. The second kappa shape index (κ2) is 12.3. The molecule has 4 rings (SSSR count). The summed E-state index contributed by atoms with van der Waals surface area (Å²) in [4.78, 5) is 20.6. The number of nitrogens with zero attached hydrogens (tertiary/aromatic N) is 3. The fraction of sp³-hybridized carbons (Fsp3) is 0.217. The van der Waals surface area contributed by atoms with E-state index >= 15 is 0 Å². The molecule has 3 N–H and O–H groups in total. The van der Waals surface area contributed by atoms with Crippen LogP contribution in [-0.4, -0.2) is 52.5 Å². The van der Waals surface area contributed by atoms with Gasteiger partial charge in [-0.25, -0.2) is 4.79 Å². The molecule has 0 radical (unpaired) electrons. The summed E-state index contributed by atoms with van der Waals surface area (Å²) in [5.74, 6) is 1.55. The third-order valence-electron chi connectivity index (χ3n) is 4.93. The van der Waals surface area contributed by atoms with Gasteiger partial charge in [0.2, 0.25) is 0 Å². The molecule has 170 valence electrons. The number of carbonyl (C=O) groups excluding carboxylic acids is 1. The second-order valence-corrected chi connectivity index (χ2v) is 7.57. The molecule has 0 spiro atoms. The van der Waals surface area contributed by atoms with Gasteiger partial charge in [-0.2, -0.15) is 0 Å². The van der Waals surface area contributed by atoms with E-state index in [9.17, 15) is 4.79 Å². The first-order valence-corrected chi connectivity index (χ1v) is 10.2. The summed E-state index contributed by atoms with van der Waals surface area (Å²) >= 11 is 5.93. The third kappa shape index (κ3) is 7.10. The SMILES string of the molecule is Cl.O.O=C(Nc1cccnc1)N1CCN(Cc2cccc(Oc3ccc(Cl)cc3)c2)CC1. The van der Waals surface area contributed by atoms with Gasteiger partial charge in [0.25, 0.3) is 0 Å². The number of halogens is 2. The summed E-state index contributed by atoms with van der Waals surface area (Å²) in [6.45, 7) is 3.83. The van der Waals surface area contributed by atoms with Crippen LogP contribution in [0.3, 0.4) is 0 Å². The highest BCUT2D eigenvalue weighted by atomic mass is 35.5. The molecule has 32 heavy (non-hydrogen) atoms. The summed E-state index contributed by atoms with van der Waals surface area (Å²) in [7, 11) is 0. The molecule has 0 bridgehead atoms. The number of ether oxygens (including phenoxy) is 1. The number of hydrogen-bond donors (Lipinski definition) is 1. The summed E-state index contributed by atoms with van der Waals surface area (Å²) < 4.78 is 5.92. The molecule has 1 aliphatic rings. The molecule has 7 nitrogen and oxygen atoms in total. The Morgan fingerprint density at radius 2 is 1.75 bits per heavy atom. The number of rotatable bonds is 5. The van der Waals surface area contributed by atoms with Crippen molar-refractivity contribution in [3.8, 4) is 11.5 Å². The van der Waals surface area contributed by atoms with Crippen molar-refractivity contribution in [1.82, 2.24) is 14.8 Å². The largest absolute Gasteiger partial charge is 0.457 e. The van der Waals surface area contributed by atoms with Crippen LogP contribution in [0.5, 0.6) is 11.5 Å². The Bertz CT molecular complexity index is 982. The molecule has 0 saturated carbocycles. The average molecular weight is 477 g/mol. The van der Waals surface area contributed by atoms with Gasteiger partial charge in [-0.3, -0.25) is 9.88 Å². The van der Waals surface area contributed by atoms with Crippen LogP contribution in [0.1, 0.15) is 5.56 Å². The Labute approximate surface area is 198 Å². The van der Waals surface area contributed by atoms with Crippen molar-refractivity contribution >= 4 is 35.7 Å². The van der Waals surface area contributed by atoms with Crippen molar-refractivity contribution in [2.45, 2.75) is 6.54 Å². The quantitative estimate of drug-likeness (QED) is 0.587. The van der Waals surface area contributed by atoms with Crippen molar-refractivity contribution in [3.63, 3.8) is 0 Å². The first-order valence-electron chi connectivity index (χ1n) is 9.86. The molecule has 3 aromatic rings. The Morgan fingerprint density at radius 3 is 2.44 bits per heavy atom. The van der Waals surface area contributed by atoms with Crippen LogP contribution in [-0.2, 0) is 6.54 Å². The summed E-state index contributed by atoms with van der Waals surface area (Å²) in [6, 6.07) is 19.0. The van der Waals surface area contributed by atoms with Crippen molar-refractivity contribution in [2.75, 3.05) is 31.5 Å². The number of anilines is 1. The fourth-order valence-electron chi connectivity index (χ4n) is 3.35. The van der Waals surface area contributed by atoms with Gasteiger partial charge in [0.15, 0.2) is 0 Å². The van der Waals surface area contributed by atoms with Gasteiger partial charge in [-0.1, -0.05) is 23.7 Å². The molecule has 2 amide bonds. The summed E-state index contributed by atoms with van der Waals surface area (Å²) in [5.41, 5.74) is 1.89. The van der Waals surface area contributed by atoms with E-state index in [1.54, 1.807) is 18.5 Å². The van der Waals surface area contributed by atoms with Crippen molar-refractivity contribution in [3.05, 3.63) is 83.6 Å². The molecule has 0 unspecified atom stereocenters. The lowest BCUT2D eigenvalue weighted by molar-refractivity contribution is 0.143. The van der Waals surface area contributed by atoms with E-state index in [1.807, 2.05) is 47.4 Å². The molecule has 9 heteroatoms. The highest BCUT2D eigenvalue weighted by Gasteiger charge is 2.21. The number of urea groups is 1. The Morgan fingerprint density at radius 1 is 1.00 bits per heavy atom. The number of pyridine rings is 1. The Hall–Kier alpha value is -2.84. The maximum atomic E-state index is 12.4. The lowest BCUT2D eigenvalue weighted by Crippen LogP contribution is -2.49. The van der Waals surface area contributed by atoms with Crippen LogP contribution < -0.4 is 10.1 Å². The van der Waals surface area contributed by atoms with E-state index in [2.05, 4.69) is 27.3 Å². The first-order chi connectivity index (χ1) is 14.7. The van der Waals surface area contributed by atoms with Crippen molar-refractivity contribution < 1.29 is 15.0 Å². The molecular formula is C23H26Cl2N4O3. The van der Waals surface area contributed by atoms with E-state index in [0.29, 0.717) is 23.8 Å². The highest BCUT2D eigenvalue weighted by molar-refractivity contribution is 6.30. The number of aromatic nitrogens is 1. The number of carbonyl (C=O) groups is 1. The fourth-order valence-corrected chi connectivity index (χ4v) is 3.48. The number of nitrogens with one attached hydrogen (secondary N) is 1. The van der Waals surface area contributed by atoms with Crippen LogP contribution in [0.4, 0.5) is 10.5 Å². The standard InChI is InChI=1S/C23H23ClN4O2.ClH.H2O/c24-19-6-8-21(9-7-19)30-22-5-1-3-18(15-22)17-27-11-13-28(14-12-27)23(29)26-20-4-2-10-25-16-20;;/h1-10,15-16H,11-14,17H2,(H,26,29);1H;1H2. The zero-order valence-electron chi connectivity index (χ0n) is 17.4. The lowest BCUT2D eigenvalue weighted by Gasteiger charge is -2.34. The Balaban J connectivity index is 0.00000181. The van der Waals surface area contributed by atoms with Gasteiger partial charge in [-0.15, -0.1) is 12.4 Å². The third-order valence-corrected chi connectivity index (χ3v) is 5.18. The minimum Gasteiger partial charge on any atom is -0.457 e. The highest BCUT2D eigenvalue weighted by Crippen LogP contribution is 2.24. The Kier molecular flexibility index (Phi) is 9.74. The maximum Gasteiger partial charge on any atom is 0.321 e. The monoisotopic (exact) mass is 476 g/mol. The van der Waals surface area contributed by atoms with Gasteiger partial charge in [-0.05, 0) is 54.1 Å². The first kappa shape index (κ1) is 25.4. The van der Waals surface area contributed by atoms with Gasteiger partial charge < -0.3 is 20.4 Å². The summed E-state index contributed by atoms with van der Waals surface area (Å²) in [6.07, 6.45) is 3.33. The molecule has 0 atom stereocenters. The van der Waals surface area contributed by atoms with Gasteiger partial charge >= 0.3 is 6.03 Å². The smallest absolute Gasteiger partial charge is 0.321 e.